The van der Waals surface area contributed by atoms with Crippen molar-refractivity contribution >= 4 is 56.2 Å². The summed E-state index contributed by atoms with van der Waals surface area (Å²) in [7, 11) is 1.57. The van der Waals surface area contributed by atoms with Crippen LogP contribution < -0.4 is 9.47 Å². The highest BCUT2D eigenvalue weighted by molar-refractivity contribution is 9.10. The number of ether oxygens (including phenoxy) is 2. The zero-order chi connectivity index (χ0) is 17.0. The number of thioether (sulfide) groups is 1. The molecule has 0 aliphatic carbocycles. The average molecular weight is 414 g/mol. The molecule has 1 fully saturated rings. The molecule has 0 spiro atoms. The van der Waals surface area contributed by atoms with Crippen molar-refractivity contribution in [2.45, 2.75) is 6.92 Å². The molecule has 1 amide bonds. The van der Waals surface area contributed by atoms with E-state index in [4.69, 9.17) is 21.7 Å². The van der Waals surface area contributed by atoms with Gasteiger partial charge < -0.3 is 9.47 Å². The summed E-state index contributed by atoms with van der Waals surface area (Å²) >= 11 is 10.00. The normalized spacial score (nSPS) is 16.1. The smallest absolute Gasteiger partial charge is 0.266 e. The lowest BCUT2D eigenvalue weighted by atomic mass is 10.2. The number of amides is 1. The number of halogens is 1. The first-order chi connectivity index (χ1) is 11.0. The number of methoxy groups -OCH3 is 1. The van der Waals surface area contributed by atoms with Gasteiger partial charge in [0.05, 0.1) is 16.5 Å². The number of nitrogens with zero attached hydrogens (tertiary/aromatic N) is 1. The van der Waals surface area contributed by atoms with Crippen LogP contribution in [0.2, 0.25) is 0 Å². The fraction of sp³-hybridized carbons (Fsp3) is 0.250. The average Bonchev–Trinajstić information content (AvgIpc) is 2.79. The van der Waals surface area contributed by atoms with Crippen LogP contribution in [0.15, 0.2) is 34.2 Å². The van der Waals surface area contributed by atoms with E-state index >= 15 is 0 Å². The van der Waals surface area contributed by atoms with E-state index in [0.717, 1.165) is 10.0 Å². The van der Waals surface area contributed by atoms with Crippen LogP contribution >= 0.6 is 39.9 Å². The predicted octanol–water partition coefficient (Wildman–Crippen LogP) is 4.24. The van der Waals surface area contributed by atoms with Crippen LogP contribution in [0, 0.1) is 0 Å². The SMILES string of the molecule is C=CCOc1c(Br)cc(/C=C2/SC(=S)N(CC)C2=O)cc1OC. The Morgan fingerprint density at radius 2 is 2.22 bits per heavy atom. The monoisotopic (exact) mass is 413 g/mol. The van der Waals surface area contributed by atoms with Gasteiger partial charge >= 0.3 is 0 Å². The minimum absolute atomic E-state index is 0.0652. The molecule has 0 N–H and O–H groups in total. The molecule has 2 rings (SSSR count). The Morgan fingerprint density at radius 1 is 1.48 bits per heavy atom. The largest absolute Gasteiger partial charge is 0.493 e. The fourth-order valence-corrected chi connectivity index (χ4v) is 3.99. The minimum atomic E-state index is -0.0652. The van der Waals surface area contributed by atoms with Crippen LogP contribution in [0.1, 0.15) is 12.5 Å². The summed E-state index contributed by atoms with van der Waals surface area (Å²) in [5, 5.41) is 0. The number of rotatable bonds is 6. The molecule has 1 heterocycles. The lowest BCUT2D eigenvalue weighted by Gasteiger charge is -2.12. The lowest BCUT2D eigenvalue weighted by Crippen LogP contribution is -2.27. The van der Waals surface area contributed by atoms with Gasteiger partial charge in [-0.2, -0.15) is 0 Å². The summed E-state index contributed by atoms with van der Waals surface area (Å²) in [6.45, 7) is 6.48. The molecule has 0 aromatic heterocycles. The molecule has 0 bridgehead atoms. The van der Waals surface area contributed by atoms with Crippen molar-refractivity contribution in [1.82, 2.24) is 4.90 Å². The Morgan fingerprint density at radius 3 is 2.78 bits per heavy atom. The molecule has 1 aliphatic rings. The third-order valence-electron chi connectivity index (χ3n) is 3.08. The molecule has 7 heteroatoms. The Kier molecular flexibility index (Phi) is 6.26. The van der Waals surface area contributed by atoms with Gasteiger partial charge in [0.1, 0.15) is 10.9 Å². The van der Waals surface area contributed by atoms with Crippen molar-refractivity contribution < 1.29 is 14.3 Å². The fourth-order valence-electron chi connectivity index (χ4n) is 2.03. The molecule has 122 valence electrons. The maximum Gasteiger partial charge on any atom is 0.266 e. The van der Waals surface area contributed by atoms with Gasteiger partial charge in [0.15, 0.2) is 11.5 Å². The molecule has 23 heavy (non-hydrogen) atoms. The Labute approximate surface area is 153 Å². The van der Waals surface area contributed by atoms with E-state index in [2.05, 4.69) is 22.5 Å². The van der Waals surface area contributed by atoms with E-state index in [1.807, 2.05) is 19.1 Å². The Bertz CT molecular complexity index is 688. The summed E-state index contributed by atoms with van der Waals surface area (Å²) in [4.78, 5) is 14.5. The maximum atomic E-state index is 12.3. The van der Waals surface area contributed by atoms with Gasteiger partial charge in [-0.3, -0.25) is 9.69 Å². The van der Waals surface area contributed by atoms with Crippen LogP contribution in [0.3, 0.4) is 0 Å². The summed E-state index contributed by atoms with van der Waals surface area (Å²) < 4.78 is 12.3. The van der Waals surface area contributed by atoms with E-state index < -0.39 is 0 Å². The van der Waals surface area contributed by atoms with E-state index in [9.17, 15) is 4.79 Å². The number of carbonyl (C=O) groups excluding carboxylic acids is 1. The van der Waals surface area contributed by atoms with Crippen molar-refractivity contribution in [1.29, 1.82) is 0 Å². The third-order valence-corrected chi connectivity index (χ3v) is 5.05. The highest BCUT2D eigenvalue weighted by Gasteiger charge is 2.30. The van der Waals surface area contributed by atoms with Crippen LogP contribution in [-0.2, 0) is 4.79 Å². The second-order valence-electron chi connectivity index (χ2n) is 4.56. The molecule has 0 radical (unpaired) electrons. The number of benzene rings is 1. The topological polar surface area (TPSA) is 38.8 Å². The number of thiocarbonyl (C=S) groups is 1. The van der Waals surface area contributed by atoms with E-state index in [1.54, 1.807) is 24.2 Å². The van der Waals surface area contributed by atoms with Crippen molar-refractivity contribution in [3.05, 3.63) is 39.7 Å². The Hall–Kier alpha value is -1.31. The molecule has 1 aromatic rings. The summed E-state index contributed by atoms with van der Waals surface area (Å²) in [5.74, 6) is 1.12. The number of likely N-dealkylation sites (N-methyl/N-ethyl adjacent to an activating group) is 1. The number of carbonyl (C=O) groups is 1. The van der Waals surface area contributed by atoms with E-state index in [0.29, 0.717) is 33.9 Å². The van der Waals surface area contributed by atoms with Crippen LogP contribution in [-0.4, -0.2) is 35.4 Å². The van der Waals surface area contributed by atoms with Crippen molar-refractivity contribution in [3.63, 3.8) is 0 Å². The standard InChI is InChI=1S/C16H16BrNO3S2/c1-4-6-21-14-11(17)7-10(8-12(14)20-3)9-13-15(19)18(5-2)16(22)23-13/h4,7-9H,1,5-6H2,2-3H3/b13-9+. The predicted molar refractivity (Wildman–Crippen MR) is 102 cm³/mol. The molecule has 1 aromatic carbocycles. The molecular formula is C16H16BrNO3S2. The van der Waals surface area contributed by atoms with Crippen LogP contribution in [0.25, 0.3) is 6.08 Å². The minimum Gasteiger partial charge on any atom is -0.493 e. The van der Waals surface area contributed by atoms with Gasteiger partial charge in [0, 0.05) is 6.54 Å². The van der Waals surface area contributed by atoms with Crippen LogP contribution in [0.5, 0.6) is 11.5 Å². The second-order valence-corrected chi connectivity index (χ2v) is 7.09. The summed E-state index contributed by atoms with van der Waals surface area (Å²) in [6, 6.07) is 3.70. The lowest BCUT2D eigenvalue weighted by molar-refractivity contribution is -0.121. The summed E-state index contributed by atoms with van der Waals surface area (Å²) in [6.07, 6.45) is 3.47. The first-order valence-corrected chi connectivity index (χ1v) is 8.90. The summed E-state index contributed by atoms with van der Waals surface area (Å²) in [5.41, 5.74) is 0.830. The molecule has 1 aliphatic heterocycles. The van der Waals surface area contributed by atoms with Gasteiger partial charge in [0.2, 0.25) is 0 Å². The van der Waals surface area contributed by atoms with Crippen molar-refractivity contribution in [3.8, 4) is 11.5 Å². The molecule has 1 saturated heterocycles. The zero-order valence-corrected chi connectivity index (χ0v) is 16.0. The molecular weight excluding hydrogens is 398 g/mol. The van der Waals surface area contributed by atoms with Gasteiger partial charge in [-0.15, -0.1) is 0 Å². The number of hydrogen-bond acceptors (Lipinski definition) is 5. The molecule has 4 nitrogen and oxygen atoms in total. The van der Waals surface area contributed by atoms with Gasteiger partial charge in [-0.25, -0.2) is 0 Å². The van der Waals surface area contributed by atoms with E-state index in [1.165, 1.54) is 11.8 Å². The Balaban J connectivity index is 2.36. The highest BCUT2D eigenvalue weighted by atomic mass is 79.9. The molecule has 0 saturated carbocycles. The highest BCUT2D eigenvalue weighted by Crippen LogP contribution is 2.39. The van der Waals surface area contributed by atoms with Gasteiger partial charge in [0.25, 0.3) is 5.91 Å². The maximum absolute atomic E-state index is 12.3. The third kappa shape index (κ3) is 3.97. The van der Waals surface area contributed by atoms with Crippen LogP contribution in [0.4, 0.5) is 0 Å². The van der Waals surface area contributed by atoms with Crippen molar-refractivity contribution in [2.24, 2.45) is 0 Å². The first kappa shape index (κ1) is 18.0. The number of hydrogen-bond donors (Lipinski definition) is 0. The zero-order valence-electron chi connectivity index (χ0n) is 12.8. The van der Waals surface area contributed by atoms with Gasteiger partial charge in [-0.1, -0.05) is 36.6 Å². The molecule has 0 unspecified atom stereocenters. The quantitative estimate of drug-likeness (QED) is 0.396. The van der Waals surface area contributed by atoms with Gasteiger partial charge in [-0.05, 0) is 46.6 Å². The first-order valence-electron chi connectivity index (χ1n) is 6.88. The van der Waals surface area contributed by atoms with E-state index in [-0.39, 0.29) is 5.91 Å². The van der Waals surface area contributed by atoms with Crippen molar-refractivity contribution in [2.75, 3.05) is 20.3 Å². The second kappa shape index (κ2) is 7.99. The molecule has 0 atom stereocenters.